The third kappa shape index (κ3) is 2.37. The molecule has 2 nitrogen and oxygen atoms in total. The second kappa shape index (κ2) is 4.85. The van der Waals surface area contributed by atoms with Crippen molar-refractivity contribution in [3.63, 3.8) is 0 Å². The minimum atomic E-state index is 0.615. The molecule has 82 valence electrons. The van der Waals surface area contributed by atoms with E-state index < -0.39 is 0 Å². The number of hydrogen-bond donors (Lipinski definition) is 1. The van der Waals surface area contributed by atoms with E-state index in [1.807, 2.05) is 13.1 Å². The Balaban J connectivity index is 2.23. The normalized spacial score (nSPS) is 21.0. The largest absolute Gasteiger partial charge is 0.368 e. The zero-order valence-electron chi connectivity index (χ0n) is 8.63. The maximum atomic E-state index is 3.61. The number of para-hydroxylation sites is 1. The lowest BCUT2D eigenvalue weighted by Gasteiger charge is -2.21. The predicted molar refractivity (Wildman–Crippen MR) is 71.5 cm³/mol. The third-order valence-electron chi connectivity index (χ3n) is 2.85. The molecule has 1 heterocycles. The molecule has 0 radical (unpaired) electrons. The van der Waals surface area contributed by atoms with Gasteiger partial charge in [-0.05, 0) is 57.5 Å². The van der Waals surface area contributed by atoms with Gasteiger partial charge in [0.25, 0.3) is 0 Å². The van der Waals surface area contributed by atoms with Crippen LogP contribution >= 0.6 is 31.9 Å². The van der Waals surface area contributed by atoms with Crippen LogP contribution in [-0.4, -0.2) is 26.2 Å². The fourth-order valence-corrected chi connectivity index (χ4v) is 3.49. The minimum absolute atomic E-state index is 0.615. The summed E-state index contributed by atoms with van der Waals surface area (Å²) in [6, 6.07) is 6.84. The van der Waals surface area contributed by atoms with E-state index in [2.05, 4.69) is 54.2 Å². The summed E-state index contributed by atoms with van der Waals surface area (Å²) >= 11 is 7.21. The highest BCUT2D eigenvalue weighted by atomic mass is 79.9. The van der Waals surface area contributed by atoms with Crippen LogP contribution in [0.4, 0.5) is 5.69 Å². The van der Waals surface area contributed by atoms with Crippen molar-refractivity contribution in [1.29, 1.82) is 0 Å². The third-order valence-corrected chi connectivity index (χ3v) is 4.13. The van der Waals surface area contributed by atoms with Crippen LogP contribution in [0.25, 0.3) is 0 Å². The highest BCUT2D eigenvalue weighted by Gasteiger charge is 2.23. The van der Waals surface area contributed by atoms with Crippen LogP contribution < -0.4 is 10.2 Å². The Morgan fingerprint density at radius 2 is 2.00 bits per heavy atom. The Labute approximate surface area is 107 Å². The van der Waals surface area contributed by atoms with Crippen LogP contribution in [0.3, 0.4) is 0 Å². The first-order valence-corrected chi connectivity index (χ1v) is 6.67. The number of hydrogen-bond acceptors (Lipinski definition) is 2. The van der Waals surface area contributed by atoms with Crippen LogP contribution in [0.1, 0.15) is 6.42 Å². The summed E-state index contributed by atoms with van der Waals surface area (Å²) in [5.41, 5.74) is 1.27. The van der Waals surface area contributed by atoms with Gasteiger partial charge in [-0.1, -0.05) is 6.07 Å². The summed E-state index contributed by atoms with van der Waals surface area (Å²) < 4.78 is 2.32. The summed E-state index contributed by atoms with van der Waals surface area (Å²) in [7, 11) is 2.03. The van der Waals surface area contributed by atoms with Gasteiger partial charge in [0, 0.05) is 28.1 Å². The fourth-order valence-electron chi connectivity index (χ4n) is 1.99. The SMILES string of the molecule is CNC1CCN(c2c(Br)cccc2Br)C1. The number of nitrogens with one attached hydrogen (secondary N) is 1. The van der Waals surface area contributed by atoms with Gasteiger partial charge in [0.2, 0.25) is 0 Å². The first-order chi connectivity index (χ1) is 7.22. The van der Waals surface area contributed by atoms with E-state index in [1.54, 1.807) is 0 Å². The molecule has 1 atom stereocenters. The molecule has 0 aliphatic carbocycles. The van der Waals surface area contributed by atoms with Gasteiger partial charge in [0.15, 0.2) is 0 Å². The lowest BCUT2D eigenvalue weighted by Crippen LogP contribution is -2.29. The molecule has 0 aromatic heterocycles. The van der Waals surface area contributed by atoms with Gasteiger partial charge < -0.3 is 10.2 Å². The number of halogens is 2. The topological polar surface area (TPSA) is 15.3 Å². The summed E-state index contributed by atoms with van der Waals surface area (Å²) in [4.78, 5) is 2.41. The van der Waals surface area contributed by atoms with Gasteiger partial charge in [-0.25, -0.2) is 0 Å². The Kier molecular flexibility index (Phi) is 3.69. The van der Waals surface area contributed by atoms with Crippen LogP contribution in [0.15, 0.2) is 27.1 Å². The van der Waals surface area contributed by atoms with Gasteiger partial charge in [-0.2, -0.15) is 0 Å². The van der Waals surface area contributed by atoms with Crippen molar-refractivity contribution in [3.05, 3.63) is 27.1 Å². The zero-order valence-corrected chi connectivity index (χ0v) is 11.8. The Morgan fingerprint density at radius 3 is 2.53 bits per heavy atom. The van der Waals surface area contributed by atoms with Crippen molar-refractivity contribution in [3.8, 4) is 0 Å². The molecule has 1 unspecified atom stereocenters. The van der Waals surface area contributed by atoms with Gasteiger partial charge in [0.05, 0.1) is 5.69 Å². The maximum Gasteiger partial charge on any atom is 0.0655 e. The molecular weight excluding hydrogens is 320 g/mol. The molecule has 15 heavy (non-hydrogen) atoms. The van der Waals surface area contributed by atoms with E-state index in [-0.39, 0.29) is 0 Å². The highest BCUT2D eigenvalue weighted by molar-refractivity contribution is 9.11. The summed E-state index contributed by atoms with van der Waals surface area (Å²) in [6.07, 6.45) is 1.21. The Morgan fingerprint density at radius 1 is 1.33 bits per heavy atom. The second-order valence-electron chi connectivity index (χ2n) is 3.79. The molecule has 0 saturated carbocycles. The van der Waals surface area contributed by atoms with E-state index in [0.29, 0.717) is 6.04 Å². The molecule has 1 aliphatic heterocycles. The molecular formula is C11H14Br2N2. The molecule has 1 saturated heterocycles. The van der Waals surface area contributed by atoms with Crippen molar-refractivity contribution in [2.75, 3.05) is 25.0 Å². The molecule has 1 aliphatic rings. The summed E-state index contributed by atoms with van der Waals surface area (Å²) in [5, 5.41) is 3.33. The number of anilines is 1. The van der Waals surface area contributed by atoms with Crippen LogP contribution in [-0.2, 0) is 0 Å². The van der Waals surface area contributed by atoms with Crippen molar-refractivity contribution >= 4 is 37.5 Å². The van der Waals surface area contributed by atoms with E-state index >= 15 is 0 Å². The van der Waals surface area contributed by atoms with Crippen molar-refractivity contribution in [1.82, 2.24) is 5.32 Å². The van der Waals surface area contributed by atoms with E-state index in [4.69, 9.17) is 0 Å². The molecule has 0 spiro atoms. The van der Waals surface area contributed by atoms with E-state index in [0.717, 1.165) is 22.0 Å². The molecule has 1 aromatic rings. The van der Waals surface area contributed by atoms with Crippen LogP contribution in [0.2, 0.25) is 0 Å². The molecule has 0 amide bonds. The van der Waals surface area contributed by atoms with Crippen molar-refractivity contribution < 1.29 is 0 Å². The van der Waals surface area contributed by atoms with Gasteiger partial charge in [-0.3, -0.25) is 0 Å². The molecule has 4 heteroatoms. The fraction of sp³-hybridized carbons (Fsp3) is 0.455. The van der Waals surface area contributed by atoms with Crippen LogP contribution in [0, 0.1) is 0 Å². The number of benzene rings is 1. The predicted octanol–water partition coefficient (Wildman–Crippen LogP) is 3.01. The number of nitrogens with zero attached hydrogens (tertiary/aromatic N) is 1. The first-order valence-electron chi connectivity index (χ1n) is 5.08. The quantitative estimate of drug-likeness (QED) is 0.895. The maximum absolute atomic E-state index is 3.61. The van der Waals surface area contributed by atoms with E-state index in [9.17, 15) is 0 Å². The minimum Gasteiger partial charge on any atom is -0.368 e. The summed E-state index contributed by atoms with van der Waals surface area (Å²) in [5.74, 6) is 0. The molecule has 1 N–H and O–H groups in total. The molecule has 2 rings (SSSR count). The van der Waals surface area contributed by atoms with Gasteiger partial charge >= 0.3 is 0 Å². The average Bonchev–Trinajstić information content (AvgIpc) is 2.66. The monoisotopic (exact) mass is 332 g/mol. The van der Waals surface area contributed by atoms with Crippen molar-refractivity contribution in [2.45, 2.75) is 12.5 Å². The molecule has 1 aromatic carbocycles. The molecule has 1 fully saturated rings. The average molecular weight is 334 g/mol. The standard InChI is InChI=1S/C11H14Br2N2/c1-14-8-5-6-15(7-8)11-9(12)3-2-4-10(11)13/h2-4,8,14H,5-7H2,1H3. The van der Waals surface area contributed by atoms with Gasteiger partial charge in [-0.15, -0.1) is 0 Å². The number of rotatable bonds is 2. The summed E-state index contributed by atoms with van der Waals surface area (Å²) in [6.45, 7) is 2.20. The smallest absolute Gasteiger partial charge is 0.0655 e. The van der Waals surface area contributed by atoms with E-state index in [1.165, 1.54) is 12.1 Å². The molecule has 0 bridgehead atoms. The lowest BCUT2D eigenvalue weighted by atomic mass is 10.3. The zero-order chi connectivity index (χ0) is 10.8. The Hall–Kier alpha value is -0.0600. The number of likely N-dealkylation sites (N-methyl/N-ethyl adjacent to an activating group) is 1. The lowest BCUT2D eigenvalue weighted by molar-refractivity contribution is 0.617. The first kappa shape index (κ1) is 11.4. The highest BCUT2D eigenvalue weighted by Crippen LogP contribution is 2.35. The van der Waals surface area contributed by atoms with Crippen LogP contribution in [0.5, 0.6) is 0 Å². The van der Waals surface area contributed by atoms with Crippen molar-refractivity contribution in [2.24, 2.45) is 0 Å². The van der Waals surface area contributed by atoms with Gasteiger partial charge in [0.1, 0.15) is 0 Å². The second-order valence-corrected chi connectivity index (χ2v) is 5.50. The Bertz CT molecular complexity index is 334.